The summed E-state index contributed by atoms with van der Waals surface area (Å²) in [6.07, 6.45) is 2.65. The molecule has 114 valence electrons. The second kappa shape index (κ2) is 6.16. The normalized spacial score (nSPS) is 21.2. The molecule has 1 fully saturated rings. The molecule has 0 amide bonds. The van der Waals surface area contributed by atoms with Crippen LogP contribution in [0.5, 0.6) is 0 Å². The van der Waals surface area contributed by atoms with E-state index in [4.69, 9.17) is 4.98 Å². The van der Waals surface area contributed by atoms with Gasteiger partial charge in [0.15, 0.2) is 0 Å². The smallest absolute Gasteiger partial charge is 0.126 e. The summed E-state index contributed by atoms with van der Waals surface area (Å²) in [7, 11) is 2.11. The van der Waals surface area contributed by atoms with E-state index in [1.807, 2.05) is 0 Å². The molecule has 2 unspecified atom stereocenters. The number of likely N-dealkylation sites (N-methyl/N-ethyl adjacent to an activating group) is 1. The van der Waals surface area contributed by atoms with Crippen LogP contribution in [0.25, 0.3) is 11.0 Å². The summed E-state index contributed by atoms with van der Waals surface area (Å²) >= 11 is 0. The van der Waals surface area contributed by atoms with Crippen LogP contribution in [0.15, 0.2) is 24.3 Å². The van der Waals surface area contributed by atoms with Crippen molar-refractivity contribution in [2.24, 2.45) is 7.05 Å². The first-order valence-corrected chi connectivity index (χ1v) is 8.09. The van der Waals surface area contributed by atoms with Gasteiger partial charge in [0.25, 0.3) is 0 Å². The van der Waals surface area contributed by atoms with Crippen molar-refractivity contribution in [1.29, 1.82) is 0 Å². The van der Waals surface area contributed by atoms with Crippen molar-refractivity contribution in [1.82, 2.24) is 19.8 Å². The Bertz CT molecular complexity index is 604. The molecule has 1 N–H and O–H groups in total. The fourth-order valence-corrected chi connectivity index (χ4v) is 3.50. The van der Waals surface area contributed by atoms with Gasteiger partial charge < -0.3 is 9.88 Å². The van der Waals surface area contributed by atoms with Crippen LogP contribution in [0, 0.1) is 0 Å². The first-order valence-electron chi connectivity index (χ1n) is 8.09. The number of fused-ring (bicyclic) bond motifs is 1. The number of benzene rings is 1. The highest BCUT2D eigenvalue weighted by Crippen LogP contribution is 2.20. The van der Waals surface area contributed by atoms with Gasteiger partial charge in [0.1, 0.15) is 5.82 Å². The highest BCUT2D eigenvalue weighted by atomic mass is 15.2. The van der Waals surface area contributed by atoms with E-state index < -0.39 is 0 Å². The average Bonchev–Trinajstić information content (AvgIpc) is 3.09. The van der Waals surface area contributed by atoms with Crippen LogP contribution in [0.3, 0.4) is 0 Å². The van der Waals surface area contributed by atoms with E-state index in [0.29, 0.717) is 6.04 Å². The summed E-state index contributed by atoms with van der Waals surface area (Å²) in [5.41, 5.74) is 2.29. The average molecular weight is 286 g/mol. The quantitative estimate of drug-likeness (QED) is 0.917. The van der Waals surface area contributed by atoms with Crippen molar-refractivity contribution in [3.05, 3.63) is 30.1 Å². The summed E-state index contributed by atoms with van der Waals surface area (Å²) < 4.78 is 2.21. The Morgan fingerprint density at radius 3 is 2.95 bits per heavy atom. The molecule has 21 heavy (non-hydrogen) atoms. The van der Waals surface area contributed by atoms with Crippen LogP contribution in [-0.4, -0.2) is 40.1 Å². The van der Waals surface area contributed by atoms with Gasteiger partial charge in [0.2, 0.25) is 0 Å². The maximum absolute atomic E-state index is 4.78. The topological polar surface area (TPSA) is 33.1 Å². The van der Waals surface area contributed by atoms with Crippen molar-refractivity contribution in [3.8, 4) is 0 Å². The molecule has 2 atom stereocenters. The number of hydrogen-bond acceptors (Lipinski definition) is 3. The second-order valence-electron chi connectivity index (χ2n) is 6.07. The molecule has 1 saturated heterocycles. The molecule has 0 saturated carbocycles. The zero-order valence-electron chi connectivity index (χ0n) is 13.3. The third-order valence-corrected chi connectivity index (χ3v) is 4.77. The second-order valence-corrected chi connectivity index (χ2v) is 6.07. The number of para-hydroxylation sites is 2. The Balaban J connectivity index is 1.69. The third-order valence-electron chi connectivity index (χ3n) is 4.77. The number of hydrogen-bond donors (Lipinski definition) is 1. The van der Waals surface area contributed by atoms with Gasteiger partial charge in [-0.3, -0.25) is 4.90 Å². The molecule has 1 aromatic carbocycles. The van der Waals surface area contributed by atoms with E-state index in [9.17, 15) is 0 Å². The van der Waals surface area contributed by atoms with E-state index in [1.54, 1.807) is 0 Å². The van der Waals surface area contributed by atoms with Crippen molar-refractivity contribution in [3.63, 3.8) is 0 Å². The van der Waals surface area contributed by atoms with Gasteiger partial charge in [-0.2, -0.15) is 0 Å². The van der Waals surface area contributed by atoms with Crippen LogP contribution in [-0.2, 0) is 7.05 Å². The number of nitrogens with zero attached hydrogens (tertiary/aromatic N) is 3. The Morgan fingerprint density at radius 2 is 2.19 bits per heavy atom. The number of aryl methyl sites for hydroxylation is 1. The third kappa shape index (κ3) is 2.83. The van der Waals surface area contributed by atoms with Crippen LogP contribution in [0.4, 0.5) is 0 Å². The van der Waals surface area contributed by atoms with Crippen LogP contribution < -0.4 is 5.32 Å². The van der Waals surface area contributed by atoms with Gasteiger partial charge in [-0.1, -0.05) is 19.1 Å². The van der Waals surface area contributed by atoms with E-state index in [-0.39, 0.29) is 6.04 Å². The molecule has 2 heterocycles. The monoisotopic (exact) mass is 286 g/mol. The van der Waals surface area contributed by atoms with Crippen molar-refractivity contribution >= 4 is 11.0 Å². The Morgan fingerprint density at radius 1 is 1.38 bits per heavy atom. The molecule has 0 aliphatic carbocycles. The summed E-state index contributed by atoms with van der Waals surface area (Å²) in [6, 6.07) is 9.31. The number of imidazole rings is 1. The number of likely N-dealkylation sites (tertiary alicyclic amines) is 1. The standard InChI is InChI=1S/C17H26N4/c1-4-21-11-7-8-14(21)12-18-13(2)17-19-15-9-5-6-10-16(15)20(17)3/h5-6,9-10,13-14,18H,4,7-8,11-12H2,1-3H3. The highest BCUT2D eigenvalue weighted by Gasteiger charge is 2.23. The Kier molecular flexibility index (Phi) is 4.27. The lowest BCUT2D eigenvalue weighted by Gasteiger charge is -2.24. The van der Waals surface area contributed by atoms with Crippen molar-refractivity contribution in [2.45, 2.75) is 38.8 Å². The van der Waals surface area contributed by atoms with E-state index in [0.717, 1.165) is 24.4 Å². The molecule has 3 rings (SSSR count). The largest absolute Gasteiger partial charge is 0.330 e. The maximum Gasteiger partial charge on any atom is 0.126 e. The Hall–Kier alpha value is -1.39. The minimum Gasteiger partial charge on any atom is -0.330 e. The summed E-state index contributed by atoms with van der Waals surface area (Å²) in [6.45, 7) is 7.94. The molecule has 4 heteroatoms. The molecule has 0 bridgehead atoms. The lowest BCUT2D eigenvalue weighted by molar-refractivity contribution is 0.254. The van der Waals surface area contributed by atoms with Crippen LogP contribution in [0.2, 0.25) is 0 Å². The summed E-state index contributed by atoms with van der Waals surface area (Å²) in [4.78, 5) is 7.36. The molecule has 0 radical (unpaired) electrons. The van der Waals surface area contributed by atoms with Crippen LogP contribution in [0.1, 0.15) is 38.6 Å². The molecule has 1 aromatic heterocycles. The molecular formula is C17H26N4. The number of rotatable bonds is 5. The SMILES string of the molecule is CCN1CCCC1CNC(C)c1nc2ccccc2n1C. The maximum atomic E-state index is 4.78. The van der Waals surface area contributed by atoms with Gasteiger partial charge >= 0.3 is 0 Å². The minimum atomic E-state index is 0.279. The molecule has 4 nitrogen and oxygen atoms in total. The van der Waals surface area contributed by atoms with Crippen molar-refractivity contribution in [2.75, 3.05) is 19.6 Å². The zero-order valence-corrected chi connectivity index (χ0v) is 13.3. The van der Waals surface area contributed by atoms with E-state index >= 15 is 0 Å². The van der Waals surface area contributed by atoms with Crippen LogP contribution >= 0.6 is 0 Å². The fourth-order valence-electron chi connectivity index (χ4n) is 3.50. The lowest BCUT2D eigenvalue weighted by Crippen LogP contribution is -2.39. The first kappa shape index (κ1) is 14.5. The highest BCUT2D eigenvalue weighted by molar-refractivity contribution is 5.75. The minimum absolute atomic E-state index is 0.279. The molecule has 0 spiro atoms. The van der Waals surface area contributed by atoms with E-state index in [2.05, 4.69) is 59.9 Å². The van der Waals surface area contributed by atoms with Gasteiger partial charge in [0.05, 0.1) is 17.1 Å². The van der Waals surface area contributed by atoms with Crippen molar-refractivity contribution < 1.29 is 0 Å². The van der Waals surface area contributed by atoms with Gasteiger partial charge in [-0.25, -0.2) is 4.98 Å². The van der Waals surface area contributed by atoms with Gasteiger partial charge in [-0.15, -0.1) is 0 Å². The van der Waals surface area contributed by atoms with Gasteiger partial charge in [0, 0.05) is 19.6 Å². The number of aromatic nitrogens is 2. The molecule has 1 aliphatic heterocycles. The van der Waals surface area contributed by atoms with E-state index in [1.165, 1.54) is 24.9 Å². The fraction of sp³-hybridized carbons (Fsp3) is 0.588. The Labute approximate surface area is 127 Å². The lowest BCUT2D eigenvalue weighted by atomic mass is 10.2. The predicted molar refractivity (Wildman–Crippen MR) is 87.4 cm³/mol. The first-order chi connectivity index (χ1) is 10.2. The predicted octanol–water partition coefficient (Wildman–Crippen LogP) is 2.71. The zero-order chi connectivity index (χ0) is 14.8. The molecule has 2 aromatic rings. The summed E-state index contributed by atoms with van der Waals surface area (Å²) in [5.74, 6) is 1.12. The van der Waals surface area contributed by atoms with Gasteiger partial charge in [-0.05, 0) is 45.0 Å². The number of nitrogens with one attached hydrogen (secondary N) is 1. The molecule has 1 aliphatic rings. The summed E-state index contributed by atoms with van der Waals surface area (Å²) in [5, 5.41) is 3.68. The molecular weight excluding hydrogens is 260 g/mol.